The second-order valence-corrected chi connectivity index (χ2v) is 4.10. The van der Waals surface area contributed by atoms with Gasteiger partial charge in [0.05, 0.1) is 6.61 Å². The average molecular weight is 239 g/mol. The van der Waals surface area contributed by atoms with Gasteiger partial charge in [-0.3, -0.25) is 0 Å². The zero-order valence-corrected chi connectivity index (χ0v) is 10.8. The van der Waals surface area contributed by atoms with Crippen LogP contribution in [0.5, 0.6) is 5.75 Å². The van der Waals surface area contributed by atoms with Gasteiger partial charge in [-0.15, -0.1) is 0 Å². The van der Waals surface area contributed by atoms with Crippen LogP contribution in [0.25, 0.3) is 0 Å². The molecule has 0 heterocycles. The van der Waals surface area contributed by atoms with E-state index in [1.807, 2.05) is 19.1 Å². The minimum absolute atomic E-state index is 0.727. The second-order valence-electron chi connectivity index (χ2n) is 3.65. The third-order valence-electron chi connectivity index (χ3n) is 2.34. The molecule has 0 radical (unpaired) electrons. The number of benzene rings is 1. The lowest BCUT2D eigenvalue weighted by Crippen LogP contribution is -2.18. The first-order chi connectivity index (χ1) is 7.86. The van der Waals surface area contributed by atoms with Crippen molar-refractivity contribution in [2.24, 2.45) is 0 Å². The molecule has 3 heteroatoms. The van der Waals surface area contributed by atoms with Gasteiger partial charge in [0.1, 0.15) is 5.75 Å². The summed E-state index contributed by atoms with van der Waals surface area (Å²) in [5, 5.41) is 3.39. The van der Waals surface area contributed by atoms with Crippen LogP contribution in [-0.2, 0) is 6.42 Å². The normalized spacial score (nSPS) is 10.4. The van der Waals surface area contributed by atoms with Crippen molar-refractivity contribution in [3.8, 4) is 5.75 Å². The molecule has 0 spiro atoms. The smallest absolute Gasteiger partial charge is 0.119 e. The van der Waals surface area contributed by atoms with E-state index in [-0.39, 0.29) is 0 Å². The molecule has 0 saturated heterocycles. The highest BCUT2D eigenvalue weighted by atomic mass is 32.1. The van der Waals surface area contributed by atoms with E-state index in [0.29, 0.717) is 0 Å². The predicted molar refractivity (Wildman–Crippen MR) is 72.7 cm³/mol. The maximum atomic E-state index is 5.39. The van der Waals surface area contributed by atoms with Gasteiger partial charge in [-0.05, 0) is 56.3 Å². The van der Waals surface area contributed by atoms with Crippen LogP contribution in [0, 0.1) is 0 Å². The van der Waals surface area contributed by atoms with Gasteiger partial charge in [0.25, 0.3) is 0 Å². The van der Waals surface area contributed by atoms with Crippen molar-refractivity contribution in [3.63, 3.8) is 0 Å². The maximum absolute atomic E-state index is 5.39. The fourth-order valence-corrected chi connectivity index (χ4v) is 1.64. The average Bonchev–Trinajstić information content (AvgIpc) is 2.31. The van der Waals surface area contributed by atoms with E-state index in [4.69, 9.17) is 4.74 Å². The second kappa shape index (κ2) is 8.48. The van der Waals surface area contributed by atoms with Gasteiger partial charge in [0.15, 0.2) is 0 Å². The number of hydrogen-bond acceptors (Lipinski definition) is 3. The summed E-state index contributed by atoms with van der Waals surface area (Å²) in [6, 6.07) is 8.33. The van der Waals surface area contributed by atoms with Crippen LogP contribution in [-0.4, -0.2) is 25.4 Å². The van der Waals surface area contributed by atoms with Crippen LogP contribution in [0.2, 0.25) is 0 Å². The molecule has 0 aromatic heterocycles. The minimum atomic E-state index is 0.727. The van der Waals surface area contributed by atoms with E-state index in [9.17, 15) is 0 Å². The van der Waals surface area contributed by atoms with Crippen LogP contribution in [0.3, 0.4) is 0 Å². The molecule has 0 saturated carbocycles. The minimum Gasteiger partial charge on any atom is -0.494 e. The molecule has 1 aromatic rings. The van der Waals surface area contributed by atoms with E-state index >= 15 is 0 Å². The Morgan fingerprint density at radius 3 is 2.56 bits per heavy atom. The molecule has 0 bridgehead atoms. The molecular weight excluding hydrogens is 218 g/mol. The van der Waals surface area contributed by atoms with Gasteiger partial charge in [-0.25, -0.2) is 0 Å². The summed E-state index contributed by atoms with van der Waals surface area (Å²) in [7, 11) is 0. The molecule has 2 nitrogen and oxygen atoms in total. The lowest BCUT2D eigenvalue weighted by atomic mass is 10.1. The molecule has 0 aliphatic carbocycles. The largest absolute Gasteiger partial charge is 0.494 e. The molecule has 1 N–H and O–H groups in total. The van der Waals surface area contributed by atoms with Crippen molar-refractivity contribution in [2.45, 2.75) is 19.8 Å². The summed E-state index contributed by atoms with van der Waals surface area (Å²) in [6.45, 7) is 4.81. The fraction of sp³-hybridized carbons (Fsp3) is 0.538. The van der Waals surface area contributed by atoms with Crippen molar-refractivity contribution >= 4 is 12.6 Å². The topological polar surface area (TPSA) is 21.3 Å². The van der Waals surface area contributed by atoms with Gasteiger partial charge in [0, 0.05) is 0 Å². The molecular formula is C13H21NOS. The number of thiol groups is 1. The highest BCUT2D eigenvalue weighted by Gasteiger charge is 1.95. The Bertz CT molecular complexity index is 274. The van der Waals surface area contributed by atoms with E-state index in [1.54, 1.807) is 0 Å². The van der Waals surface area contributed by atoms with E-state index in [1.165, 1.54) is 5.56 Å². The number of ether oxygens (including phenoxy) is 1. The summed E-state index contributed by atoms with van der Waals surface area (Å²) in [5.74, 6) is 1.91. The number of hydrogen-bond donors (Lipinski definition) is 2. The Balaban J connectivity index is 2.21. The quantitative estimate of drug-likeness (QED) is 0.537. The third-order valence-corrected chi connectivity index (χ3v) is 2.65. The first kappa shape index (κ1) is 13.4. The van der Waals surface area contributed by atoms with E-state index < -0.39 is 0 Å². The van der Waals surface area contributed by atoms with Crippen LogP contribution >= 0.6 is 12.6 Å². The highest BCUT2D eigenvalue weighted by Crippen LogP contribution is 2.12. The standard InChI is InChI=1S/C13H21NOS/c1-2-15-13-6-4-12(5-7-13)8-10-14-9-3-11-16/h4-7,14,16H,2-3,8-11H2,1H3. The monoisotopic (exact) mass is 239 g/mol. The van der Waals surface area contributed by atoms with Crippen molar-refractivity contribution in [3.05, 3.63) is 29.8 Å². The molecule has 1 aromatic carbocycles. The third kappa shape index (κ3) is 5.42. The van der Waals surface area contributed by atoms with Gasteiger partial charge in [-0.1, -0.05) is 12.1 Å². The maximum Gasteiger partial charge on any atom is 0.119 e. The van der Waals surface area contributed by atoms with Crippen molar-refractivity contribution in [1.29, 1.82) is 0 Å². The fourth-order valence-electron chi connectivity index (χ4n) is 1.48. The number of nitrogens with one attached hydrogen (secondary N) is 1. The summed E-state index contributed by atoms with van der Waals surface area (Å²) >= 11 is 4.17. The summed E-state index contributed by atoms with van der Waals surface area (Å²) in [5.41, 5.74) is 1.35. The molecule has 16 heavy (non-hydrogen) atoms. The highest BCUT2D eigenvalue weighted by molar-refractivity contribution is 7.80. The predicted octanol–water partition coefficient (Wildman–Crippen LogP) is 2.54. The molecule has 0 amide bonds. The Kier molecular flexibility index (Phi) is 7.10. The number of rotatable bonds is 8. The molecule has 0 atom stereocenters. The van der Waals surface area contributed by atoms with E-state index in [0.717, 1.165) is 44.0 Å². The van der Waals surface area contributed by atoms with Crippen LogP contribution in [0.1, 0.15) is 18.9 Å². The lowest BCUT2D eigenvalue weighted by molar-refractivity contribution is 0.340. The summed E-state index contributed by atoms with van der Waals surface area (Å²) in [4.78, 5) is 0. The van der Waals surface area contributed by atoms with Gasteiger partial charge in [-0.2, -0.15) is 12.6 Å². The Morgan fingerprint density at radius 1 is 1.19 bits per heavy atom. The molecule has 0 aliphatic rings. The molecule has 90 valence electrons. The van der Waals surface area contributed by atoms with Crippen molar-refractivity contribution < 1.29 is 4.74 Å². The zero-order valence-electron chi connectivity index (χ0n) is 9.91. The first-order valence-electron chi connectivity index (χ1n) is 5.90. The molecule has 0 aliphatic heterocycles. The van der Waals surface area contributed by atoms with Crippen molar-refractivity contribution in [2.75, 3.05) is 25.4 Å². The lowest BCUT2D eigenvalue weighted by Gasteiger charge is -2.06. The van der Waals surface area contributed by atoms with Crippen LogP contribution in [0.15, 0.2) is 24.3 Å². The van der Waals surface area contributed by atoms with Crippen molar-refractivity contribution in [1.82, 2.24) is 5.32 Å². The SMILES string of the molecule is CCOc1ccc(CCNCCCS)cc1. The first-order valence-corrected chi connectivity index (χ1v) is 6.53. The summed E-state index contributed by atoms with van der Waals surface area (Å²) in [6.07, 6.45) is 2.20. The molecule has 0 unspecified atom stereocenters. The van der Waals surface area contributed by atoms with Gasteiger partial charge < -0.3 is 10.1 Å². The Hall–Kier alpha value is -0.670. The molecule has 1 rings (SSSR count). The van der Waals surface area contributed by atoms with Crippen LogP contribution in [0.4, 0.5) is 0 Å². The molecule has 0 fully saturated rings. The van der Waals surface area contributed by atoms with Crippen LogP contribution < -0.4 is 10.1 Å². The van der Waals surface area contributed by atoms with Gasteiger partial charge in [0.2, 0.25) is 0 Å². The Morgan fingerprint density at radius 2 is 1.94 bits per heavy atom. The summed E-state index contributed by atoms with van der Waals surface area (Å²) < 4.78 is 5.39. The van der Waals surface area contributed by atoms with E-state index in [2.05, 4.69) is 30.1 Å². The Labute approximate surface area is 104 Å². The zero-order chi connectivity index (χ0) is 11.6. The van der Waals surface area contributed by atoms with Gasteiger partial charge >= 0.3 is 0 Å².